The molecule has 0 unspecified atom stereocenters. The first-order valence-corrected chi connectivity index (χ1v) is 4.10. The Morgan fingerprint density at radius 3 is 2.39 bits per heavy atom. The molecule has 0 aliphatic carbocycles. The Balaban J connectivity index is 3.35. The summed E-state index contributed by atoms with van der Waals surface area (Å²) in [6.45, 7) is 0. The van der Waals surface area contributed by atoms with Gasteiger partial charge in [-0.25, -0.2) is 13.8 Å². The van der Waals surface area contributed by atoms with Gasteiger partial charge in [0.25, 0.3) is 6.43 Å². The average molecular weight is 273 g/mol. The van der Waals surface area contributed by atoms with E-state index in [1.165, 1.54) is 0 Å². The second kappa shape index (κ2) is 4.58. The third-order valence-electron chi connectivity index (χ3n) is 1.70. The minimum absolute atomic E-state index is 0.247. The molecule has 0 aliphatic heterocycles. The minimum atomic E-state index is -5.17. The van der Waals surface area contributed by atoms with Crippen LogP contribution in [-0.4, -0.2) is 16.3 Å². The average Bonchev–Trinajstić information content (AvgIpc) is 2.17. The lowest BCUT2D eigenvalue weighted by Crippen LogP contribution is -2.19. The van der Waals surface area contributed by atoms with Gasteiger partial charge < -0.3 is 10.5 Å². The van der Waals surface area contributed by atoms with Crippen molar-refractivity contribution in [3.05, 3.63) is 22.0 Å². The van der Waals surface area contributed by atoms with Crippen LogP contribution in [0.3, 0.4) is 0 Å². The van der Waals surface area contributed by atoms with Gasteiger partial charge in [0.1, 0.15) is 0 Å². The fraction of sp³-hybridized carbons (Fsp3) is 0.286. The van der Waals surface area contributed by atoms with Gasteiger partial charge in [-0.05, 0) is 0 Å². The standard InChI is InChI=1S/C7H4F5N3O3/c8-6(9)4-5(15(16)17)3(13)2(1-14-4)18-7(10,11)12/h1,6H,(H2,13,14). The van der Waals surface area contributed by atoms with Gasteiger partial charge in [-0.1, -0.05) is 0 Å². The largest absolute Gasteiger partial charge is 0.573 e. The van der Waals surface area contributed by atoms with Gasteiger partial charge in [-0.15, -0.1) is 13.2 Å². The highest BCUT2D eigenvalue weighted by Crippen LogP contribution is 2.39. The number of alkyl halides is 5. The maximum atomic E-state index is 12.4. The summed E-state index contributed by atoms with van der Waals surface area (Å²) < 4.78 is 63.7. The third kappa shape index (κ3) is 2.93. The molecule has 0 bridgehead atoms. The summed E-state index contributed by atoms with van der Waals surface area (Å²) in [5.74, 6) is -1.21. The van der Waals surface area contributed by atoms with E-state index < -0.39 is 40.5 Å². The first-order valence-electron chi connectivity index (χ1n) is 4.10. The summed E-state index contributed by atoms with van der Waals surface area (Å²) in [6, 6.07) is 0. The SMILES string of the molecule is Nc1c(OC(F)(F)F)cnc(C(F)F)c1[N+](=O)[O-]. The van der Waals surface area contributed by atoms with Crippen molar-refractivity contribution in [3.8, 4) is 5.75 Å². The molecule has 0 spiro atoms. The van der Waals surface area contributed by atoms with E-state index in [0.717, 1.165) is 0 Å². The molecule has 1 aromatic rings. The quantitative estimate of drug-likeness (QED) is 0.518. The summed E-state index contributed by atoms with van der Waals surface area (Å²) in [5.41, 5.74) is 1.09. The number of rotatable bonds is 3. The lowest BCUT2D eigenvalue weighted by atomic mass is 10.2. The molecular weight excluding hydrogens is 269 g/mol. The smallest absolute Gasteiger partial charge is 0.402 e. The van der Waals surface area contributed by atoms with Gasteiger partial charge in [0, 0.05) is 0 Å². The molecule has 1 heterocycles. The van der Waals surface area contributed by atoms with E-state index >= 15 is 0 Å². The second-order valence-electron chi connectivity index (χ2n) is 2.88. The summed E-state index contributed by atoms with van der Waals surface area (Å²) in [6.07, 6.45) is -8.28. The Bertz CT molecular complexity index is 476. The number of hydrogen-bond acceptors (Lipinski definition) is 5. The van der Waals surface area contributed by atoms with Crippen molar-refractivity contribution in [2.75, 3.05) is 5.73 Å². The van der Waals surface area contributed by atoms with Crippen LogP contribution in [0.1, 0.15) is 12.1 Å². The molecule has 1 rings (SSSR count). The fourth-order valence-electron chi connectivity index (χ4n) is 1.07. The number of pyridine rings is 1. The third-order valence-corrected chi connectivity index (χ3v) is 1.70. The molecular formula is C7H4F5N3O3. The van der Waals surface area contributed by atoms with E-state index in [0.29, 0.717) is 0 Å². The molecule has 0 atom stereocenters. The normalized spacial score (nSPS) is 11.7. The Hall–Kier alpha value is -2.20. The van der Waals surface area contributed by atoms with E-state index in [1.54, 1.807) is 0 Å². The Labute approximate surface area is 95.3 Å². The first kappa shape index (κ1) is 13.9. The van der Waals surface area contributed by atoms with Crippen molar-refractivity contribution >= 4 is 11.4 Å². The van der Waals surface area contributed by atoms with E-state index in [-0.39, 0.29) is 6.20 Å². The molecule has 0 saturated heterocycles. The highest BCUT2D eigenvalue weighted by Gasteiger charge is 2.36. The molecule has 11 heteroatoms. The van der Waals surface area contributed by atoms with Crippen LogP contribution in [0, 0.1) is 10.1 Å². The molecule has 1 aromatic heterocycles. The molecule has 0 aromatic carbocycles. The van der Waals surface area contributed by atoms with Gasteiger partial charge >= 0.3 is 12.0 Å². The molecule has 0 radical (unpaired) electrons. The molecule has 0 aliphatic rings. The zero-order chi connectivity index (χ0) is 14.1. The number of aromatic nitrogens is 1. The van der Waals surface area contributed by atoms with E-state index in [9.17, 15) is 32.1 Å². The molecule has 0 amide bonds. The maximum Gasteiger partial charge on any atom is 0.573 e. The number of nitro groups is 1. The summed E-state index contributed by atoms with van der Waals surface area (Å²) >= 11 is 0. The lowest BCUT2D eigenvalue weighted by molar-refractivity contribution is -0.385. The Kier molecular flexibility index (Phi) is 3.53. The molecule has 0 saturated carbocycles. The molecule has 18 heavy (non-hydrogen) atoms. The van der Waals surface area contributed by atoms with Gasteiger partial charge in [0.05, 0.1) is 11.1 Å². The van der Waals surface area contributed by atoms with Crippen LogP contribution >= 0.6 is 0 Å². The van der Waals surface area contributed by atoms with Crippen molar-refractivity contribution in [2.24, 2.45) is 0 Å². The van der Waals surface area contributed by atoms with Gasteiger partial charge in [-0.2, -0.15) is 0 Å². The summed E-state index contributed by atoms with van der Waals surface area (Å²) in [5, 5.41) is 10.5. The van der Waals surface area contributed by atoms with Crippen LogP contribution in [0.5, 0.6) is 5.75 Å². The molecule has 2 N–H and O–H groups in total. The van der Waals surface area contributed by atoms with Crippen molar-refractivity contribution < 1.29 is 31.6 Å². The monoisotopic (exact) mass is 273 g/mol. The minimum Gasteiger partial charge on any atom is -0.402 e. The Morgan fingerprint density at radius 1 is 1.44 bits per heavy atom. The number of nitrogens with two attached hydrogens (primary N) is 1. The number of hydrogen-bond donors (Lipinski definition) is 1. The van der Waals surface area contributed by atoms with Gasteiger partial charge in [-0.3, -0.25) is 10.1 Å². The highest BCUT2D eigenvalue weighted by molar-refractivity contribution is 5.68. The number of anilines is 1. The zero-order valence-corrected chi connectivity index (χ0v) is 8.24. The number of nitrogens with zero attached hydrogens (tertiary/aromatic N) is 2. The van der Waals surface area contributed by atoms with Gasteiger partial charge in [0.2, 0.25) is 0 Å². The first-order chi connectivity index (χ1) is 8.13. The van der Waals surface area contributed by atoms with Crippen LogP contribution in [-0.2, 0) is 0 Å². The number of nitrogen functional groups attached to an aromatic ring is 1. The predicted molar refractivity (Wildman–Crippen MR) is 46.9 cm³/mol. The van der Waals surface area contributed by atoms with Gasteiger partial charge in [0.15, 0.2) is 17.1 Å². The van der Waals surface area contributed by atoms with Crippen molar-refractivity contribution in [1.82, 2.24) is 4.98 Å². The van der Waals surface area contributed by atoms with Crippen LogP contribution in [0.2, 0.25) is 0 Å². The van der Waals surface area contributed by atoms with Crippen LogP contribution in [0.4, 0.5) is 33.3 Å². The van der Waals surface area contributed by atoms with E-state index in [1.807, 2.05) is 0 Å². The van der Waals surface area contributed by atoms with Crippen molar-refractivity contribution in [1.29, 1.82) is 0 Å². The second-order valence-corrected chi connectivity index (χ2v) is 2.88. The number of halogens is 5. The fourth-order valence-corrected chi connectivity index (χ4v) is 1.07. The predicted octanol–water partition coefficient (Wildman–Crippen LogP) is 2.41. The van der Waals surface area contributed by atoms with E-state index in [4.69, 9.17) is 5.73 Å². The summed E-state index contributed by atoms with van der Waals surface area (Å²) in [4.78, 5) is 12.0. The lowest BCUT2D eigenvalue weighted by Gasteiger charge is -2.11. The molecule has 100 valence electrons. The maximum absolute atomic E-state index is 12.4. The van der Waals surface area contributed by atoms with Crippen molar-refractivity contribution in [2.45, 2.75) is 12.8 Å². The zero-order valence-electron chi connectivity index (χ0n) is 8.24. The van der Waals surface area contributed by atoms with Crippen LogP contribution in [0.15, 0.2) is 6.20 Å². The number of ether oxygens (including phenoxy) is 1. The van der Waals surface area contributed by atoms with Crippen molar-refractivity contribution in [3.63, 3.8) is 0 Å². The van der Waals surface area contributed by atoms with E-state index in [2.05, 4.69) is 9.72 Å². The van der Waals surface area contributed by atoms with Crippen LogP contribution in [0.25, 0.3) is 0 Å². The molecule has 0 fully saturated rings. The highest BCUT2D eigenvalue weighted by atomic mass is 19.4. The summed E-state index contributed by atoms with van der Waals surface area (Å²) in [7, 11) is 0. The Morgan fingerprint density at radius 2 is 2.00 bits per heavy atom. The molecule has 6 nitrogen and oxygen atoms in total. The topological polar surface area (TPSA) is 91.3 Å². The van der Waals surface area contributed by atoms with Crippen LogP contribution < -0.4 is 10.5 Å².